The van der Waals surface area contributed by atoms with Gasteiger partial charge in [0.15, 0.2) is 0 Å². The molecule has 1 aromatic carbocycles. The fourth-order valence-corrected chi connectivity index (χ4v) is 2.01. The lowest BCUT2D eigenvalue weighted by Crippen LogP contribution is -2.51. The molecule has 1 heterocycles. The van der Waals surface area contributed by atoms with E-state index < -0.39 is 6.04 Å². The molecule has 4 heteroatoms. The predicted octanol–water partition coefficient (Wildman–Crippen LogP) is 1.28. The smallest absolute Gasteiger partial charge is 0.129 e. The van der Waals surface area contributed by atoms with Crippen LogP contribution in [0.1, 0.15) is 11.6 Å². The average Bonchev–Trinajstić information content (AvgIpc) is 2.24. The molecular formula is C12H14FN3. The molecule has 1 aliphatic heterocycles. The van der Waals surface area contributed by atoms with Crippen LogP contribution in [0, 0.1) is 23.1 Å². The van der Waals surface area contributed by atoms with Gasteiger partial charge in [-0.25, -0.2) is 4.39 Å². The number of hydrogen-bond acceptors (Lipinski definition) is 3. The highest BCUT2D eigenvalue weighted by Crippen LogP contribution is 2.29. The van der Waals surface area contributed by atoms with E-state index >= 15 is 0 Å². The SMILES string of the molecule is N#C[C@@H](c1ccccc1F)N1CC(CN)C1. The highest BCUT2D eigenvalue weighted by atomic mass is 19.1. The van der Waals surface area contributed by atoms with Gasteiger partial charge >= 0.3 is 0 Å². The maximum atomic E-state index is 13.5. The van der Waals surface area contributed by atoms with E-state index in [9.17, 15) is 4.39 Å². The van der Waals surface area contributed by atoms with Crippen molar-refractivity contribution in [3.05, 3.63) is 35.6 Å². The molecule has 0 radical (unpaired) electrons. The molecule has 16 heavy (non-hydrogen) atoms. The van der Waals surface area contributed by atoms with Crippen LogP contribution in [0.15, 0.2) is 24.3 Å². The number of benzene rings is 1. The monoisotopic (exact) mass is 219 g/mol. The highest BCUT2D eigenvalue weighted by molar-refractivity contribution is 5.26. The van der Waals surface area contributed by atoms with Crippen molar-refractivity contribution in [1.82, 2.24) is 4.90 Å². The van der Waals surface area contributed by atoms with Crippen molar-refractivity contribution in [3.8, 4) is 6.07 Å². The molecule has 0 spiro atoms. The fraction of sp³-hybridized carbons (Fsp3) is 0.417. The van der Waals surface area contributed by atoms with Gasteiger partial charge in [-0.2, -0.15) is 5.26 Å². The standard InChI is InChI=1S/C12H14FN3/c13-11-4-2-1-3-10(11)12(6-15)16-7-9(5-14)8-16/h1-4,9,12H,5,7-8,14H2/t12-/m0/s1. The topological polar surface area (TPSA) is 53.0 Å². The van der Waals surface area contributed by atoms with E-state index in [2.05, 4.69) is 6.07 Å². The summed E-state index contributed by atoms with van der Waals surface area (Å²) >= 11 is 0. The summed E-state index contributed by atoms with van der Waals surface area (Å²) in [6.07, 6.45) is 0. The number of nitriles is 1. The number of halogens is 1. The van der Waals surface area contributed by atoms with E-state index in [4.69, 9.17) is 11.0 Å². The van der Waals surface area contributed by atoms with Crippen molar-refractivity contribution in [2.24, 2.45) is 11.7 Å². The van der Waals surface area contributed by atoms with Crippen LogP contribution in [0.5, 0.6) is 0 Å². The van der Waals surface area contributed by atoms with Crippen LogP contribution in [0.2, 0.25) is 0 Å². The summed E-state index contributed by atoms with van der Waals surface area (Å²) in [7, 11) is 0. The molecule has 3 nitrogen and oxygen atoms in total. The normalized spacial score (nSPS) is 18.8. The Kier molecular flexibility index (Phi) is 3.18. The van der Waals surface area contributed by atoms with E-state index in [1.807, 2.05) is 4.90 Å². The van der Waals surface area contributed by atoms with E-state index in [-0.39, 0.29) is 5.82 Å². The molecule has 1 aliphatic rings. The molecule has 1 fully saturated rings. The first-order chi connectivity index (χ1) is 7.76. The molecule has 0 saturated carbocycles. The molecule has 1 aromatic rings. The Morgan fingerprint density at radius 1 is 1.50 bits per heavy atom. The Hall–Kier alpha value is -1.44. The molecule has 0 unspecified atom stereocenters. The van der Waals surface area contributed by atoms with Gasteiger partial charge in [0, 0.05) is 18.7 Å². The van der Waals surface area contributed by atoms with Gasteiger partial charge in [0.2, 0.25) is 0 Å². The van der Waals surface area contributed by atoms with Crippen LogP contribution in [0.3, 0.4) is 0 Å². The third-order valence-electron chi connectivity index (χ3n) is 3.01. The van der Waals surface area contributed by atoms with Crippen LogP contribution in [-0.2, 0) is 0 Å². The van der Waals surface area contributed by atoms with E-state index in [1.54, 1.807) is 18.2 Å². The van der Waals surface area contributed by atoms with Crippen molar-refractivity contribution in [2.45, 2.75) is 6.04 Å². The zero-order valence-corrected chi connectivity index (χ0v) is 8.94. The van der Waals surface area contributed by atoms with Crippen LogP contribution in [0.4, 0.5) is 4.39 Å². The zero-order chi connectivity index (χ0) is 11.5. The third-order valence-corrected chi connectivity index (χ3v) is 3.01. The van der Waals surface area contributed by atoms with Gasteiger partial charge < -0.3 is 5.73 Å². The van der Waals surface area contributed by atoms with Crippen LogP contribution >= 0.6 is 0 Å². The predicted molar refractivity (Wildman–Crippen MR) is 58.9 cm³/mol. The van der Waals surface area contributed by atoms with E-state index in [0.29, 0.717) is 18.0 Å². The Bertz CT molecular complexity index is 407. The van der Waals surface area contributed by atoms with Crippen molar-refractivity contribution >= 4 is 0 Å². The minimum atomic E-state index is -0.482. The third kappa shape index (κ3) is 1.92. The van der Waals surface area contributed by atoms with Crippen LogP contribution < -0.4 is 5.73 Å². The van der Waals surface area contributed by atoms with Gasteiger partial charge in [-0.05, 0) is 18.5 Å². The minimum absolute atomic E-state index is 0.315. The lowest BCUT2D eigenvalue weighted by Gasteiger charge is -2.41. The van der Waals surface area contributed by atoms with E-state index in [0.717, 1.165) is 13.1 Å². The first kappa shape index (κ1) is 11.1. The van der Waals surface area contributed by atoms with Gasteiger partial charge in [0.1, 0.15) is 11.9 Å². The summed E-state index contributed by atoms with van der Waals surface area (Å²) in [5, 5.41) is 9.11. The van der Waals surface area contributed by atoms with Crippen molar-refractivity contribution in [1.29, 1.82) is 5.26 Å². The van der Waals surface area contributed by atoms with E-state index in [1.165, 1.54) is 6.07 Å². The van der Waals surface area contributed by atoms with Gasteiger partial charge in [-0.1, -0.05) is 18.2 Å². The quantitative estimate of drug-likeness (QED) is 0.833. The summed E-state index contributed by atoms with van der Waals surface area (Å²) in [4.78, 5) is 1.95. The second-order valence-electron chi connectivity index (χ2n) is 4.11. The molecule has 0 aliphatic carbocycles. The van der Waals surface area contributed by atoms with Crippen molar-refractivity contribution < 1.29 is 4.39 Å². The first-order valence-corrected chi connectivity index (χ1v) is 5.34. The maximum absolute atomic E-state index is 13.5. The fourth-order valence-electron chi connectivity index (χ4n) is 2.01. The van der Waals surface area contributed by atoms with Crippen LogP contribution in [0.25, 0.3) is 0 Å². The number of nitrogens with two attached hydrogens (primary N) is 1. The molecule has 2 rings (SSSR count). The molecule has 0 aromatic heterocycles. The summed E-state index contributed by atoms with van der Waals surface area (Å²) in [5.41, 5.74) is 5.98. The Balaban J connectivity index is 2.13. The zero-order valence-electron chi connectivity index (χ0n) is 8.94. The average molecular weight is 219 g/mol. The Morgan fingerprint density at radius 3 is 2.75 bits per heavy atom. The molecule has 1 saturated heterocycles. The summed E-state index contributed by atoms with van der Waals surface area (Å²) in [5.74, 6) is 0.132. The lowest BCUT2D eigenvalue weighted by atomic mass is 9.95. The lowest BCUT2D eigenvalue weighted by molar-refractivity contribution is 0.0784. The van der Waals surface area contributed by atoms with Gasteiger partial charge in [-0.15, -0.1) is 0 Å². The first-order valence-electron chi connectivity index (χ1n) is 5.34. The van der Waals surface area contributed by atoms with Gasteiger partial charge in [0.05, 0.1) is 6.07 Å². The second kappa shape index (κ2) is 4.60. The number of nitrogens with zero attached hydrogens (tertiary/aromatic N) is 2. The molecular weight excluding hydrogens is 205 g/mol. The van der Waals surface area contributed by atoms with Gasteiger partial charge in [-0.3, -0.25) is 4.90 Å². The Morgan fingerprint density at radius 2 is 2.19 bits per heavy atom. The van der Waals surface area contributed by atoms with Crippen LogP contribution in [-0.4, -0.2) is 24.5 Å². The second-order valence-corrected chi connectivity index (χ2v) is 4.11. The summed E-state index contributed by atoms with van der Waals surface area (Å²) in [6, 6.07) is 8.11. The molecule has 1 atom stereocenters. The van der Waals surface area contributed by atoms with Gasteiger partial charge in [0.25, 0.3) is 0 Å². The Labute approximate surface area is 94.3 Å². The van der Waals surface area contributed by atoms with Crippen molar-refractivity contribution in [2.75, 3.05) is 19.6 Å². The van der Waals surface area contributed by atoms with Crippen molar-refractivity contribution in [3.63, 3.8) is 0 Å². The minimum Gasteiger partial charge on any atom is -0.330 e. The molecule has 2 N–H and O–H groups in total. The highest BCUT2D eigenvalue weighted by Gasteiger charge is 2.33. The molecule has 84 valence electrons. The molecule has 0 bridgehead atoms. The largest absolute Gasteiger partial charge is 0.330 e. The maximum Gasteiger partial charge on any atom is 0.129 e. The number of rotatable bonds is 3. The number of hydrogen-bond donors (Lipinski definition) is 1. The summed E-state index contributed by atoms with van der Waals surface area (Å²) in [6.45, 7) is 2.19. The number of likely N-dealkylation sites (tertiary alicyclic amines) is 1. The summed E-state index contributed by atoms with van der Waals surface area (Å²) < 4.78 is 13.5. The molecule has 0 amide bonds.